The van der Waals surface area contributed by atoms with Crippen LogP contribution in [0.3, 0.4) is 0 Å². The molecule has 1 rings (SSSR count). The molecule has 0 amide bonds. The number of hydrogen-bond acceptors (Lipinski definition) is 2. The highest BCUT2D eigenvalue weighted by Crippen LogP contribution is 2.35. The van der Waals surface area contributed by atoms with Crippen LogP contribution in [-0.4, -0.2) is 13.1 Å². The number of methoxy groups -OCH3 is 1. The summed E-state index contributed by atoms with van der Waals surface area (Å²) in [5.41, 5.74) is -0.492. The van der Waals surface area contributed by atoms with Crippen molar-refractivity contribution in [3.63, 3.8) is 0 Å². The lowest BCUT2D eigenvalue weighted by atomic mass is 10.1. The molecule has 0 spiro atoms. The minimum Gasteiger partial charge on any atom is -0.469 e. The number of alkyl halides is 3. The maximum absolute atomic E-state index is 12.5. The van der Waals surface area contributed by atoms with E-state index in [1.165, 1.54) is 19.2 Å². The van der Waals surface area contributed by atoms with Gasteiger partial charge >= 0.3 is 12.1 Å². The van der Waals surface area contributed by atoms with Crippen LogP contribution in [0.15, 0.2) is 18.2 Å². The summed E-state index contributed by atoms with van der Waals surface area (Å²) in [5.74, 6) is -0.464. The Hall–Kier alpha value is -1.23. The van der Waals surface area contributed by atoms with Crippen molar-refractivity contribution in [1.82, 2.24) is 0 Å². The first-order valence-electron chi connectivity index (χ1n) is 4.77. The first kappa shape index (κ1) is 13.8. The smallest absolute Gasteiger partial charge is 0.417 e. The zero-order chi connectivity index (χ0) is 13.1. The van der Waals surface area contributed by atoms with Crippen LogP contribution in [-0.2, 0) is 22.1 Å². The monoisotopic (exact) mass is 266 g/mol. The number of benzene rings is 1. The van der Waals surface area contributed by atoms with Crippen LogP contribution in [0.2, 0.25) is 5.02 Å². The van der Waals surface area contributed by atoms with Gasteiger partial charge in [0.2, 0.25) is 0 Å². The third kappa shape index (κ3) is 3.93. The largest absolute Gasteiger partial charge is 0.469 e. The van der Waals surface area contributed by atoms with E-state index in [9.17, 15) is 18.0 Å². The van der Waals surface area contributed by atoms with Gasteiger partial charge in [-0.15, -0.1) is 0 Å². The van der Waals surface area contributed by atoms with Gasteiger partial charge in [-0.05, 0) is 24.1 Å². The van der Waals surface area contributed by atoms with Crippen molar-refractivity contribution in [1.29, 1.82) is 0 Å². The van der Waals surface area contributed by atoms with Crippen LogP contribution in [0.1, 0.15) is 17.5 Å². The van der Waals surface area contributed by atoms with Gasteiger partial charge in [-0.3, -0.25) is 4.79 Å². The van der Waals surface area contributed by atoms with E-state index in [1.54, 1.807) is 0 Å². The second kappa shape index (κ2) is 5.40. The Morgan fingerprint density at radius 3 is 2.59 bits per heavy atom. The Bertz CT molecular complexity index is 416. The van der Waals surface area contributed by atoms with Gasteiger partial charge in [0.15, 0.2) is 0 Å². The lowest BCUT2D eigenvalue weighted by Crippen LogP contribution is -2.07. The maximum atomic E-state index is 12.5. The predicted octanol–water partition coefficient (Wildman–Crippen LogP) is 3.46. The molecule has 6 heteroatoms. The number of hydrogen-bond donors (Lipinski definition) is 0. The van der Waals surface area contributed by atoms with Crippen LogP contribution in [0.25, 0.3) is 0 Å². The van der Waals surface area contributed by atoms with Crippen LogP contribution in [0.5, 0.6) is 0 Å². The molecule has 2 nitrogen and oxygen atoms in total. The van der Waals surface area contributed by atoms with Crippen molar-refractivity contribution in [2.45, 2.75) is 19.0 Å². The minimum atomic E-state index is -4.49. The Morgan fingerprint density at radius 1 is 1.41 bits per heavy atom. The van der Waals surface area contributed by atoms with Crippen molar-refractivity contribution in [3.05, 3.63) is 34.3 Å². The molecule has 0 N–H and O–H groups in total. The van der Waals surface area contributed by atoms with Crippen LogP contribution >= 0.6 is 11.6 Å². The Labute approximate surface area is 101 Å². The number of carbonyl (C=O) groups excluding carboxylic acids is 1. The molecule has 94 valence electrons. The molecule has 0 aliphatic carbocycles. The Kier molecular flexibility index (Phi) is 4.40. The lowest BCUT2D eigenvalue weighted by Gasteiger charge is -2.10. The lowest BCUT2D eigenvalue weighted by molar-refractivity contribution is -0.140. The molecule has 0 aliphatic heterocycles. The van der Waals surface area contributed by atoms with E-state index in [1.807, 2.05) is 0 Å². The summed E-state index contributed by atoms with van der Waals surface area (Å²) in [7, 11) is 1.23. The van der Waals surface area contributed by atoms with Gasteiger partial charge in [-0.2, -0.15) is 13.2 Å². The van der Waals surface area contributed by atoms with E-state index in [4.69, 9.17) is 11.6 Å². The van der Waals surface area contributed by atoms with Crippen LogP contribution in [0.4, 0.5) is 13.2 Å². The summed E-state index contributed by atoms with van der Waals surface area (Å²) in [5, 5.41) is -0.348. The molecule has 1 aromatic carbocycles. The van der Waals surface area contributed by atoms with E-state index < -0.39 is 17.7 Å². The van der Waals surface area contributed by atoms with Crippen LogP contribution < -0.4 is 0 Å². The van der Waals surface area contributed by atoms with Crippen molar-refractivity contribution in [2.24, 2.45) is 0 Å². The normalized spacial score (nSPS) is 11.4. The van der Waals surface area contributed by atoms with Crippen molar-refractivity contribution in [2.75, 3.05) is 7.11 Å². The van der Waals surface area contributed by atoms with E-state index in [0.717, 1.165) is 6.07 Å². The summed E-state index contributed by atoms with van der Waals surface area (Å²) in [4.78, 5) is 10.9. The van der Waals surface area contributed by atoms with Crippen molar-refractivity contribution >= 4 is 17.6 Å². The highest BCUT2D eigenvalue weighted by molar-refractivity contribution is 6.31. The molecule has 0 atom stereocenters. The van der Waals surface area contributed by atoms with E-state index in [-0.39, 0.29) is 17.9 Å². The zero-order valence-electron chi connectivity index (χ0n) is 8.97. The van der Waals surface area contributed by atoms with Crippen LogP contribution in [0, 0.1) is 0 Å². The number of esters is 1. The first-order valence-corrected chi connectivity index (χ1v) is 5.15. The molecule has 0 saturated carbocycles. The predicted molar refractivity (Wildman–Crippen MR) is 56.8 cm³/mol. The molecular weight excluding hydrogens is 257 g/mol. The third-order valence-corrected chi connectivity index (χ3v) is 2.51. The standard InChI is InChI=1S/C11H10ClF3O2/c1-17-10(16)5-3-7-2-4-9(12)8(6-7)11(13,14)15/h2,4,6H,3,5H2,1H3. The number of aryl methyl sites for hydroxylation is 1. The average molecular weight is 267 g/mol. The van der Waals surface area contributed by atoms with Gasteiger partial charge in [0.05, 0.1) is 17.7 Å². The topological polar surface area (TPSA) is 26.3 Å². The molecule has 0 aliphatic rings. The fraction of sp³-hybridized carbons (Fsp3) is 0.364. The van der Waals surface area contributed by atoms with E-state index in [0.29, 0.717) is 5.56 Å². The van der Waals surface area contributed by atoms with Gasteiger partial charge in [0.1, 0.15) is 0 Å². The Balaban J connectivity index is 2.86. The molecule has 0 bridgehead atoms. The average Bonchev–Trinajstić information content (AvgIpc) is 2.26. The first-order chi connectivity index (χ1) is 7.84. The summed E-state index contributed by atoms with van der Waals surface area (Å²) in [6.45, 7) is 0. The molecule has 0 saturated heterocycles. The molecule has 0 radical (unpaired) electrons. The number of ether oxygens (including phenoxy) is 1. The van der Waals surface area contributed by atoms with Crippen molar-refractivity contribution in [3.8, 4) is 0 Å². The zero-order valence-corrected chi connectivity index (χ0v) is 9.73. The quantitative estimate of drug-likeness (QED) is 0.783. The number of rotatable bonds is 3. The molecule has 0 fully saturated rings. The van der Waals surface area contributed by atoms with Gasteiger partial charge in [0.25, 0.3) is 0 Å². The molecule has 17 heavy (non-hydrogen) atoms. The van der Waals surface area contributed by atoms with E-state index in [2.05, 4.69) is 4.74 Å². The maximum Gasteiger partial charge on any atom is 0.417 e. The Morgan fingerprint density at radius 2 is 2.06 bits per heavy atom. The van der Waals surface area contributed by atoms with Crippen molar-refractivity contribution < 1.29 is 22.7 Å². The third-order valence-electron chi connectivity index (χ3n) is 2.18. The molecule has 0 aromatic heterocycles. The summed E-state index contributed by atoms with van der Waals surface area (Å²) in [6, 6.07) is 3.59. The second-order valence-electron chi connectivity index (χ2n) is 3.39. The molecule has 0 unspecified atom stereocenters. The summed E-state index contributed by atoms with van der Waals surface area (Å²) >= 11 is 5.46. The highest BCUT2D eigenvalue weighted by Gasteiger charge is 2.33. The van der Waals surface area contributed by atoms with Gasteiger partial charge < -0.3 is 4.74 Å². The number of carbonyl (C=O) groups is 1. The second-order valence-corrected chi connectivity index (χ2v) is 3.80. The summed E-state index contributed by atoms with van der Waals surface area (Å²) in [6.07, 6.45) is -4.26. The fourth-order valence-electron chi connectivity index (χ4n) is 1.29. The summed E-state index contributed by atoms with van der Waals surface area (Å²) < 4.78 is 42.0. The minimum absolute atomic E-state index is 0.0371. The highest BCUT2D eigenvalue weighted by atomic mass is 35.5. The molecule has 1 aromatic rings. The van der Waals surface area contributed by atoms with Gasteiger partial charge in [-0.1, -0.05) is 17.7 Å². The fourth-order valence-corrected chi connectivity index (χ4v) is 1.52. The van der Waals surface area contributed by atoms with Gasteiger partial charge in [-0.25, -0.2) is 0 Å². The van der Waals surface area contributed by atoms with E-state index >= 15 is 0 Å². The van der Waals surface area contributed by atoms with Gasteiger partial charge in [0, 0.05) is 6.42 Å². The number of halogens is 4. The molecular formula is C11H10ClF3O2. The molecule has 0 heterocycles. The SMILES string of the molecule is COC(=O)CCc1ccc(Cl)c(C(F)(F)F)c1.